The van der Waals surface area contributed by atoms with Crippen LogP contribution in [0.1, 0.15) is 85.8 Å². The fraction of sp³-hybridized carbons (Fsp3) is 0.682. The number of carbonyl (C=O) groups is 1. The van der Waals surface area contributed by atoms with Crippen molar-refractivity contribution in [3.05, 3.63) is 29.3 Å². The summed E-state index contributed by atoms with van der Waals surface area (Å²) in [6.45, 7) is 17.2. The molecule has 0 aromatic heterocycles. The predicted octanol–water partition coefficient (Wildman–Crippen LogP) is 5.78. The first kappa shape index (κ1) is 21.5. The zero-order valence-corrected chi connectivity index (χ0v) is 17.4. The second kappa shape index (κ2) is 8.73. The number of benzene rings is 1. The molecule has 0 bridgehead atoms. The van der Waals surface area contributed by atoms with Crippen LogP contribution in [-0.4, -0.2) is 18.7 Å². The zero-order valence-electron chi connectivity index (χ0n) is 17.4. The Bertz CT molecular complexity index is 573. The quantitative estimate of drug-likeness (QED) is 0.530. The lowest BCUT2D eigenvalue weighted by Crippen LogP contribution is -2.23. The molecule has 1 rings (SSSR count). The summed E-state index contributed by atoms with van der Waals surface area (Å²) in [5.41, 5.74) is 2.56. The molecule has 0 N–H and O–H groups in total. The van der Waals surface area contributed by atoms with Crippen molar-refractivity contribution in [2.45, 2.75) is 91.6 Å². The van der Waals surface area contributed by atoms with Crippen LogP contribution in [0.4, 0.5) is 0 Å². The first-order valence-corrected chi connectivity index (χ1v) is 9.54. The van der Waals surface area contributed by atoms with E-state index in [1.807, 2.05) is 19.9 Å². The van der Waals surface area contributed by atoms with Gasteiger partial charge in [0.25, 0.3) is 0 Å². The molecule has 0 amide bonds. The molecule has 0 saturated heterocycles. The molecule has 3 heteroatoms. The van der Waals surface area contributed by atoms with Gasteiger partial charge >= 0.3 is 5.97 Å². The molecule has 0 saturated carbocycles. The molecule has 0 aliphatic heterocycles. The van der Waals surface area contributed by atoms with Crippen LogP contribution < -0.4 is 4.74 Å². The summed E-state index contributed by atoms with van der Waals surface area (Å²) in [5.74, 6) is 0.469. The minimum absolute atomic E-state index is 0.0181. The highest BCUT2D eigenvalue weighted by molar-refractivity contribution is 5.71. The molecule has 0 aliphatic carbocycles. The molecule has 0 heterocycles. The van der Waals surface area contributed by atoms with Crippen molar-refractivity contribution in [1.29, 1.82) is 0 Å². The maximum absolute atomic E-state index is 11.9. The van der Waals surface area contributed by atoms with Gasteiger partial charge in [-0.25, -0.2) is 4.79 Å². The van der Waals surface area contributed by atoms with Crippen molar-refractivity contribution in [1.82, 2.24) is 0 Å². The van der Waals surface area contributed by atoms with Gasteiger partial charge < -0.3 is 9.47 Å². The average Bonchev–Trinajstić information content (AvgIpc) is 2.59. The largest absolute Gasteiger partial charge is 0.482 e. The first-order chi connectivity index (χ1) is 11.6. The zero-order chi connectivity index (χ0) is 19.3. The summed E-state index contributed by atoms with van der Waals surface area (Å²) >= 11 is 0. The van der Waals surface area contributed by atoms with Gasteiger partial charge in [-0.15, -0.1) is 0 Å². The predicted molar refractivity (Wildman–Crippen MR) is 104 cm³/mol. The van der Waals surface area contributed by atoms with E-state index in [-0.39, 0.29) is 29.5 Å². The summed E-state index contributed by atoms with van der Waals surface area (Å²) in [4.78, 5) is 11.9. The monoisotopic (exact) mass is 348 g/mol. The molecule has 0 spiro atoms. The molecule has 1 atom stereocenters. The van der Waals surface area contributed by atoms with E-state index in [9.17, 15) is 4.79 Å². The number of hydrogen-bond acceptors (Lipinski definition) is 3. The molecule has 0 fully saturated rings. The van der Waals surface area contributed by atoms with Gasteiger partial charge in [-0.2, -0.15) is 0 Å². The summed E-state index contributed by atoms with van der Waals surface area (Å²) in [5, 5.41) is 0. The first-order valence-electron chi connectivity index (χ1n) is 9.54. The van der Waals surface area contributed by atoms with E-state index in [1.165, 1.54) is 5.56 Å². The second-order valence-corrected chi connectivity index (χ2v) is 8.18. The van der Waals surface area contributed by atoms with Crippen molar-refractivity contribution < 1.29 is 14.3 Å². The lowest BCUT2D eigenvalue weighted by molar-refractivity contribution is -0.150. The molecule has 25 heavy (non-hydrogen) atoms. The highest BCUT2D eigenvalue weighted by atomic mass is 16.6. The van der Waals surface area contributed by atoms with Gasteiger partial charge in [-0.05, 0) is 48.6 Å². The molecule has 1 unspecified atom stereocenters. The van der Waals surface area contributed by atoms with Crippen molar-refractivity contribution in [3.63, 3.8) is 0 Å². The smallest absolute Gasteiger partial charge is 0.344 e. The van der Waals surface area contributed by atoms with Crippen molar-refractivity contribution in [2.75, 3.05) is 6.61 Å². The van der Waals surface area contributed by atoms with Crippen molar-refractivity contribution >= 4 is 5.97 Å². The van der Waals surface area contributed by atoms with Crippen molar-refractivity contribution in [3.8, 4) is 5.75 Å². The Labute approximate surface area is 154 Å². The summed E-state index contributed by atoms with van der Waals surface area (Å²) in [7, 11) is 0. The number of hydrogen-bond donors (Lipinski definition) is 0. The minimum Gasteiger partial charge on any atom is -0.482 e. The van der Waals surface area contributed by atoms with E-state index in [0.29, 0.717) is 0 Å². The Morgan fingerprint density at radius 3 is 2.16 bits per heavy atom. The SMILES string of the molecule is CCC(C)OC(=O)COc1ccc(C(C)(C)CC)cc1C(C)(C)CC. The Balaban J connectivity index is 3.08. The van der Waals surface area contributed by atoms with Gasteiger partial charge in [-0.1, -0.05) is 60.6 Å². The molecule has 0 radical (unpaired) electrons. The van der Waals surface area contributed by atoms with E-state index in [4.69, 9.17) is 9.47 Å². The van der Waals surface area contributed by atoms with Gasteiger partial charge in [-0.3, -0.25) is 0 Å². The van der Waals surface area contributed by atoms with Gasteiger partial charge in [0.1, 0.15) is 5.75 Å². The Morgan fingerprint density at radius 2 is 1.64 bits per heavy atom. The fourth-order valence-electron chi connectivity index (χ4n) is 2.48. The summed E-state index contributed by atoms with van der Waals surface area (Å²) < 4.78 is 11.2. The van der Waals surface area contributed by atoms with E-state index in [2.05, 4.69) is 53.7 Å². The third-order valence-corrected chi connectivity index (χ3v) is 5.51. The maximum Gasteiger partial charge on any atom is 0.344 e. The van der Waals surface area contributed by atoms with E-state index >= 15 is 0 Å². The second-order valence-electron chi connectivity index (χ2n) is 8.18. The summed E-state index contributed by atoms with van der Waals surface area (Å²) in [6.07, 6.45) is 2.80. The lowest BCUT2D eigenvalue weighted by Gasteiger charge is -2.30. The van der Waals surface area contributed by atoms with E-state index in [1.54, 1.807) is 0 Å². The van der Waals surface area contributed by atoms with Crippen LogP contribution in [0.3, 0.4) is 0 Å². The Hall–Kier alpha value is -1.51. The van der Waals surface area contributed by atoms with Crippen molar-refractivity contribution in [2.24, 2.45) is 0 Å². The summed E-state index contributed by atoms with van der Waals surface area (Å²) in [6, 6.07) is 6.38. The maximum atomic E-state index is 11.9. The van der Waals surface area contributed by atoms with Gasteiger partial charge in [0, 0.05) is 5.56 Å². The van der Waals surface area contributed by atoms with E-state index < -0.39 is 0 Å². The van der Waals surface area contributed by atoms with Crippen LogP contribution in [-0.2, 0) is 20.4 Å². The average molecular weight is 349 g/mol. The molecule has 1 aromatic carbocycles. The van der Waals surface area contributed by atoms with Gasteiger partial charge in [0.2, 0.25) is 0 Å². The normalized spacial score (nSPS) is 13.4. The molecule has 1 aromatic rings. The van der Waals surface area contributed by atoms with Crippen LogP contribution in [0.2, 0.25) is 0 Å². The van der Waals surface area contributed by atoms with Crippen LogP contribution in [0.15, 0.2) is 18.2 Å². The lowest BCUT2D eigenvalue weighted by atomic mass is 9.76. The number of ether oxygens (including phenoxy) is 2. The van der Waals surface area contributed by atoms with Crippen LogP contribution in [0.25, 0.3) is 0 Å². The topological polar surface area (TPSA) is 35.5 Å². The molecular weight excluding hydrogens is 312 g/mol. The standard InChI is InChI=1S/C22H36O3/c1-9-16(4)25-20(23)15-24-19-13-12-17(21(5,6)10-2)14-18(19)22(7,8)11-3/h12-14,16H,9-11,15H2,1-8H3. The highest BCUT2D eigenvalue weighted by Gasteiger charge is 2.27. The van der Waals surface area contributed by atoms with Gasteiger partial charge in [0.15, 0.2) is 6.61 Å². The van der Waals surface area contributed by atoms with E-state index in [0.717, 1.165) is 30.6 Å². The number of rotatable bonds is 9. The minimum atomic E-state index is -0.312. The Morgan fingerprint density at radius 1 is 1.04 bits per heavy atom. The Kier molecular flexibility index (Phi) is 7.52. The van der Waals surface area contributed by atoms with Crippen LogP contribution >= 0.6 is 0 Å². The fourth-order valence-corrected chi connectivity index (χ4v) is 2.48. The molecule has 0 aliphatic rings. The molecular formula is C22H36O3. The number of esters is 1. The number of carbonyl (C=O) groups excluding carboxylic acids is 1. The molecule has 3 nitrogen and oxygen atoms in total. The third kappa shape index (κ3) is 5.76. The van der Waals surface area contributed by atoms with Crippen LogP contribution in [0, 0.1) is 0 Å². The van der Waals surface area contributed by atoms with Gasteiger partial charge in [0.05, 0.1) is 6.10 Å². The van der Waals surface area contributed by atoms with Crippen LogP contribution in [0.5, 0.6) is 5.75 Å². The third-order valence-electron chi connectivity index (χ3n) is 5.51. The highest BCUT2D eigenvalue weighted by Crippen LogP contribution is 2.38. The molecule has 142 valence electrons.